The van der Waals surface area contributed by atoms with E-state index in [1.807, 2.05) is 0 Å². The zero-order valence-corrected chi connectivity index (χ0v) is 10.7. The number of rotatable bonds is 3. The van der Waals surface area contributed by atoms with E-state index >= 15 is 0 Å². The summed E-state index contributed by atoms with van der Waals surface area (Å²) in [4.78, 5) is 26.3. The molecule has 0 aromatic carbocycles. The number of amides is 3. The molecule has 3 amide bonds. The van der Waals surface area contributed by atoms with Crippen LogP contribution in [0, 0.1) is 0 Å². The van der Waals surface area contributed by atoms with Crippen LogP contribution in [-0.2, 0) is 4.74 Å². The Morgan fingerprint density at radius 3 is 2.35 bits per heavy atom. The van der Waals surface area contributed by atoms with E-state index in [1.165, 1.54) is 0 Å². The van der Waals surface area contributed by atoms with E-state index in [4.69, 9.17) is 16.3 Å². The van der Waals surface area contributed by atoms with E-state index < -0.39 is 0 Å². The summed E-state index contributed by atoms with van der Waals surface area (Å²) in [5.74, 6) is 0.397. The molecular weight excluding hydrogens is 246 g/mol. The third-order valence-electron chi connectivity index (χ3n) is 2.46. The molecule has 98 valence electrons. The van der Waals surface area contributed by atoms with Crippen molar-refractivity contribution in [3.05, 3.63) is 0 Å². The highest BCUT2D eigenvalue weighted by molar-refractivity contribution is 6.18. The van der Waals surface area contributed by atoms with E-state index in [1.54, 1.807) is 16.7 Å². The Balaban J connectivity index is 2.30. The van der Waals surface area contributed by atoms with Gasteiger partial charge >= 0.3 is 12.1 Å². The lowest BCUT2D eigenvalue weighted by atomic mass is 10.3. The van der Waals surface area contributed by atoms with E-state index in [9.17, 15) is 9.59 Å². The number of alkyl halides is 1. The number of halogens is 1. The van der Waals surface area contributed by atoms with Crippen molar-refractivity contribution in [2.45, 2.75) is 6.92 Å². The summed E-state index contributed by atoms with van der Waals surface area (Å²) in [6.45, 7) is 4.65. The molecule has 1 fully saturated rings. The first-order valence-electron chi connectivity index (χ1n) is 5.69. The van der Waals surface area contributed by atoms with Crippen LogP contribution >= 0.6 is 11.6 Å². The molecule has 1 aliphatic heterocycles. The standard InChI is InChI=1S/C10H18ClN3O3/c1-2-17-10(16)14-7-5-13(6-8-14)9(15)12-4-3-11/h2-8H2,1H3,(H,12,15). The maximum absolute atomic E-state index is 11.6. The fourth-order valence-corrected chi connectivity index (χ4v) is 1.67. The van der Waals surface area contributed by atoms with Crippen LogP contribution in [-0.4, -0.2) is 67.1 Å². The Bertz CT molecular complexity index is 268. The molecule has 17 heavy (non-hydrogen) atoms. The topological polar surface area (TPSA) is 61.9 Å². The Morgan fingerprint density at radius 1 is 1.24 bits per heavy atom. The lowest BCUT2D eigenvalue weighted by Gasteiger charge is -2.33. The second-order valence-electron chi connectivity index (χ2n) is 3.59. The molecule has 6 nitrogen and oxygen atoms in total. The van der Waals surface area contributed by atoms with Gasteiger partial charge in [0.05, 0.1) is 6.61 Å². The van der Waals surface area contributed by atoms with Crippen LogP contribution in [0.25, 0.3) is 0 Å². The Kier molecular flexibility index (Phi) is 5.90. The number of hydrogen-bond donors (Lipinski definition) is 1. The normalized spacial score (nSPS) is 15.6. The van der Waals surface area contributed by atoms with Crippen molar-refractivity contribution >= 4 is 23.7 Å². The molecule has 7 heteroatoms. The van der Waals surface area contributed by atoms with Crippen molar-refractivity contribution in [3.63, 3.8) is 0 Å². The molecule has 0 atom stereocenters. The highest BCUT2D eigenvalue weighted by Gasteiger charge is 2.24. The van der Waals surface area contributed by atoms with Crippen LogP contribution in [0.2, 0.25) is 0 Å². The lowest BCUT2D eigenvalue weighted by Crippen LogP contribution is -2.53. The van der Waals surface area contributed by atoms with Crippen molar-refractivity contribution in [3.8, 4) is 0 Å². The number of ether oxygens (including phenoxy) is 1. The van der Waals surface area contributed by atoms with Gasteiger partial charge in [0.15, 0.2) is 0 Å². The second kappa shape index (κ2) is 7.21. The molecule has 1 rings (SSSR count). The number of nitrogens with one attached hydrogen (secondary N) is 1. The summed E-state index contributed by atoms with van der Waals surface area (Å²) in [6, 6.07) is -0.130. The van der Waals surface area contributed by atoms with Gasteiger partial charge in [-0.3, -0.25) is 0 Å². The number of carbonyl (C=O) groups excluding carboxylic acids is 2. The van der Waals surface area contributed by atoms with Gasteiger partial charge in [0.2, 0.25) is 0 Å². The summed E-state index contributed by atoms with van der Waals surface area (Å²) in [7, 11) is 0. The Labute approximate surface area is 106 Å². The highest BCUT2D eigenvalue weighted by Crippen LogP contribution is 2.03. The van der Waals surface area contributed by atoms with Crippen LogP contribution in [0.3, 0.4) is 0 Å². The van der Waals surface area contributed by atoms with Crippen molar-refractivity contribution in [1.82, 2.24) is 15.1 Å². The lowest BCUT2D eigenvalue weighted by molar-refractivity contribution is 0.0853. The molecule has 1 heterocycles. The molecule has 0 radical (unpaired) electrons. The monoisotopic (exact) mass is 263 g/mol. The average molecular weight is 264 g/mol. The molecule has 1 N–H and O–H groups in total. The minimum Gasteiger partial charge on any atom is -0.450 e. The van der Waals surface area contributed by atoms with Crippen LogP contribution in [0.4, 0.5) is 9.59 Å². The van der Waals surface area contributed by atoms with Crippen LogP contribution < -0.4 is 5.32 Å². The maximum atomic E-state index is 11.6. The van der Waals surface area contributed by atoms with Gasteiger partial charge in [-0.15, -0.1) is 11.6 Å². The molecule has 0 bridgehead atoms. The smallest absolute Gasteiger partial charge is 0.409 e. The molecule has 0 unspecified atom stereocenters. The van der Waals surface area contributed by atoms with Gasteiger partial charge in [0.1, 0.15) is 0 Å². The minimum atomic E-state index is -0.312. The first-order valence-corrected chi connectivity index (χ1v) is 6.23. The Morgan fingerprint density at radius 2 is 1.82 bits per heavy atom. The molecule has 0 spiro atoms. The zero-order chi connectivity index (χ0) is 12.7. The number of carbonyl (C=O) groups is 2. The van der Waals surface area contributed by atoms with Crippen molar-refractivity contribution in [2.24, 2.45) is 0 Å². The Hall–Kier alpha value is -1.17. The second-order valence-corrected chi connectivity index (χ2v) is 3.97. The number of piperazine rings is 1. The van der Waals surface area contributed by atoms with Crippen LogP contribution in [0.15, 0.2) is 0 Å². The van der Waals surface area contributed by atoms with Gasteiger partial charge in [-0.2, -0.15) is 0 Å². The molecule has 0 aromatic heterocycles. The molecule has 0 aliphatic carbocycles. The summed E-state index contributed by atoms with van der Waals surface area (Å²) in [5, 5.41) is 2.69. The first-order chi connectivity index (χ1) is 8.19. The van der Waals surface area contributed by atoms with Crippen molar-refractivity contribution in [2.75, 3.05) is 45.2 Å². The number of urea groups is 1. The third-order valence-corrected chi connectivity index (χ3v) is 2.65. The van der Waals surface area contributed by atoms with Crippen molar-refractivity contribution < 1.29 is 14.3 Å². The van der Waals surface area contributed by atoms with Gasteiger partial charge in [-0.1, -0.05) is 0 Å². The predicted molar refractivity (Wildman–Crippen MR) is 64.3 cm³/mol. The van der Waals surface area contributed by atoms with Crippen LogP contribution in [0.5, 0.6) is 0 Å². The van der Waals surface area contributed by atoms with E-state index in [0.29, 0.717) is 45.2 Å². The van der Waals surface area contributed by atoms with Gasteiger partial charge in [0.25, 0.3) is 0 Å². The number of hydrogen-bond acceptors (Lipinski definition) is 3. The van der Waals surface area contributed by atoms with E-state index in [-0.39, 0.29) is 12.1 Å². The average Bonchev–Trinajstić information content (AvgIpc) is 2.36. The molecule has 1 saturated heterocycles. The summed E-state index contributed by atoms with van der Waals surface area (Å²) in [6.07, 6.45) is -0.312. The third kappa shape index (κ3) is 4.30. The summed E-state index contributed by atoms with van der Waals surface area (Å²) < 4.78 is 4.89. The first kappa shape index (κ1) is 13.9. The summed E-state index contributed by atoms with van der Waals surface area (Å²) in [5.41, 5.74) is 0. The maximum Gasteiger partial charge on any atom is 0.409 e. The van der Waals surface area contributed by atoms with Crippen LogP contribution in [0.1, 0.15) is 6.92 Å². The fraction of sp³-hybridized carbons (Fsp3) is 0.800. The van der Waals surface area contributed by atoms with Gasteiger partial charge in [-0.05, 0) is 6.92 Å². The minimum absolute atomic E-state index is 0.130. The quantitative estimate of drug-likeness (QED) is 0.763. The highest BCUT2D eigenvalue weighted by atomic mass is 35.5. The summed E-state index contributed by atoms with van der Waals surface area (Å²) >= 11 is 5.48. The number of nitrogens with zero attached hydrogens (tertiary/aromatic N) is 2. The molecule has 1 aliphatic rings. The molecule has 0 aromatic rings. The predicted octanol–water partition coefficient (Wildman–Crippen LogP) is 0.709. The SMILES string of the molecule is CCOC(=O)N1CCN(C(=O)NCCCl)CC1. The largest absolute Gasteiger partial charge is 0.450 e. The molecular formula is C10H18ClN3O3. The van der Waals surface area contributed by atoms with E-state index in [2.05, 4.69) is 5.32 Å². The molecule has 0 saturated carbocycles. The van der Waals surface area contributed by atoms with Gasteiger partial charge < -0.3 is 19.9 Å². The van der Waals surface area contributed by atoms with Crippen molar-refractivity contribution in [1.29, 1.82) is 0 Å². The zero-order valence-electron chi connectivity index (χ0n) is 9.95. The fourth-order valence-electron chi connectivity index (χ4n) is 1.57. The van der Waals surface area contributed by atoms with Gasteiger partial charge in [0, 0.05) is 38.6 Å². The van der Waals surface area contributed by atoms with Gasteiger partial charge in [-0.25, -0.2) is 9.59 Å². The van der Waals surface area contributed by atoms with E-state index in [0.717, 1.165) is 0 Å².